The van der Waals surface area contributed by atoms with Crippen molar-refractivity contribution in [2.24, 2.45) is 0 Å². The lowest BCUT2D eigenvalue weighted by atomic mass is 10.2. The number of nitrogen functional groups attached to an aromatic ring is 1. The van der Waals surface area contributed by atoms with Gasteiger partial charge >= 0.3 is 0 Å². The molecular weight excluding hydrogens is 331 g/mol. The van der Waals surface area contributed by atoms with Crippen molar-refractivity contribution in [1.29, 1.82) is 0 Å². The van der Waals surface area contributed by atoms with Gasteiger partial charge in [0.2, 0.25) is 5.95 Å². The van der Waals surface area contributed by atoms with Crippen molar-refractivity contribution in [3.63, 3.8) is 0 Å². The molecule has 4 heterocycles. The zero-order chi connectivity index (χ0) is 16.7. The zero-order valence-corrected chi connectivity index (χ0v) is 13.9. The van der Waals surface area contributed by atoms with Crippen LogP contribution < -0.4 is 11.1 Å². The van der Waals surface area contributed by atoms with Gasteiger partial charge in [0.05, 0.1) is 11.8 Å². The van der Waals surface area contributed by atoms with Gasteiger partial charge in [-0.3, -0.25) is 0 Å². The number of piperidine rings is 1. The van der Waals surface area contributed by atoms with Crippen LogP contribution in [0.5, 0.6) is 0 Å². The Morgan fingerprint density at radius 3 is 3.08 bits per heavy atom. The Bertz CT molecular complexity index is 872. The second kappa shape index (κ2) is 6.06. The van der Waals surface area contributed by atoms with E-state index < -0.39 is 5.95 Å². The standard InChI is InChI=1S/C15H17FN6OS/c1-8-13(17)22-14(11(12(16)21-22)9-5-19-23-7-9)20-15(8)24-10-3-2-4-18-6-10/h5,7,10,18H,2-4,6,17H2,1H3. The number of fused-ring (bicyclic) bond motifs is 1. The molecule has 1 unspecified atom stereocenters. The number of nitrogens with zero attached hydrogens (tertiary/aromatic N) is 4. The number of nitrogens with one attached hydrogen (secondary N) is 1. The lowest BCUT2D eigenvalue weighted by Gasteiger charge is -2.22. The predicted octanol–water partition coefficient (Wildman–Crippen LogP) is 2.26. The van der Waals surface area contributed by atoms with Gasteiger partial charge in [-0.25, -0.2) is 4.98 Å². The Kier molecular flexibility index (Phi) is 3.89. The molecular formula is C15H17FN6OS. The molecule has 9 heteroatoms. The maximum absolute atomic E-state index is 14.4. The van der Waals surface area contributed by atoms with Crippen LogP contribution in [0.3, 0.4) is 0 Å². The molecule has 7 nitrogen and oxygen atoms in total. The fourth-order valence-corrected chi connectivity index (χ4v) is 4.09. The SMILES string of the molecule is Cc1c(SC2CCCNC2)nc2c(-c3cnoc3)c(F)nn2c1N. The summed E-state index contributed by atoms with van der Waals surface area (Å²) in [5.41, 5.74) is 8.13. The number of aromatic nitrogens is 4. The van der Waals surface area contributed by atoms with E-state index in [4.69, 9.17) is 10.3 Å². The summed E-state index contributed by atoms with van der Waals surface area (Å²) in [5, 5.41) is 12.1. The lowest BCUT2D eigenvalue weighted by molar-refractivity contribution is 0.420. The Morgan fingerprint density at radius 1 is 1.50 bits per heavy atom. The van der Waals surface area contributed by atoms with Crippen molar-refractivity contribution >= 4 is 23.2 Å². The van der Waals surface area contributed by atoms with Gasteiger partial charge in [0.25, 0.3) is 0 Å². The summed E-state index contributed by atoms with van der Waals surface area (Å²) >= 11 is 1.68. The third-order valence-electron chi connectivity index (χ3n) is 4.21. The molecule has 0 aliphatic carbocycles. The maximum atomic E-state index is 14.4. The second-order valence-electron chi connectivity index (χ2n) is 5.83. The fraction of sp³-hybridized carbons (Fsp3) is 0.400. The predicted molar refractivity (Wildman–Crippen MR) is 89.3 cm³/mol. The monoisotopic (exact) mass is 348 g/mol. The Morgan fingerprint density at radius 2 is 2.38 bits per heavy atom. The molecule has 1 aliphatic rings. The van der Waals surface area contributed by atoms with Crippen molar-refractivity contribution in [1.82, 2.24) is 25.1 Å². The minimum absolute atomic E-state index is 0.256. The molecule has 0 spiro atoms. The molecule has 3 aromatic heterocycles. The van der Waals surface area contributed by atoms with Gasteiger partial charge < -0.3 is 15.6 Å². The van der Waals surface area contributed by atoms with E-state index in [-0.39, 0.29) is 5.56 Å². The number of rotatable bonds is 3. The Hall–Kier alpha value is -2.13. The maximum Gasteiger partial charge on any atom is 0.243 e. The van der Waals surface area contributed by atoms with Crippen LogP contribution in [0.2, 0.25) is 0 Å². The van der Waals surface area contributed by atoms with Crippen LogP contribution in [0.1, 0.15) is 18.4 Å². The summed E-state index contributed by atoms with van der Waals surface area (Å²) in [6.07, 6.45) is 5.07. The number of halogens is 1. The van der Waals surface area contributed by atoms with Crippen molar-refractivity contribution in [2.45, 2.75) is 30.0 Å². The molecule has 1 aliphatic heterocycles. The van der Waals surface area contributed by atoms with Crippen molar-refractivity contribution < 1.29 is 8.91 Å². The highest BCUT2D eigenvalue weighted by Crippen LogP contribution is 2.34. The molecule has 1 atom stereocenters. The summed E-state index contributed by atoms with van der Waals surface area (Å²) in [6, 6.07) is 0. The highest BCUT2D eigenvalue weighted by atomic mass is 32.2. The minimum atomic E-state index is -0.640. The number of hydrogen-bond donors (Lipinski definition) is 2. The molecule has 0 amide bonds. The minimum Gasteiger partial charge on any atom is -0.383 e. The first-order valence-electron chi connectivity index (χ1n) is 7.76. The van der Waals surface area contributed by atoms with Crippen molar-refractivity contribution in [3.8, 4) is 11.1 Å². The number of nitrogens with two attached hydrogens (primary N) is 1. The van der Waals surface area contributed by atoms with Gasteiger partial charge in [-0.2, -0.15) is 8.91 Å². The van der Waals surface area contributed by atoms with Crippen LogP contribution in [0.25, 0.3) is 16.8 Å². The van der Waals surface area contributed by atoms with E-state index in [2.05, 4.69) is 20.6 Å². The van der Waals surface area contributed by atoms with Crippen molar-refractivity contribution in [2.75, 3.05) is 18.8 Å². The molecule has 0 bridgehead atoms. The number of hydrogen-bond acceptors (Lipinski definition) is 7. The average Bonchev–Trinajstić information content (AvgIpc) is 3.21. The van der Waals surface area contributed by atoms with Crippen LogP contribution in [0.4, 0.5) is 10.2 Å². The van der Waals surface area contributed by atoms with E-state index >= 15 is 0 Å². The van der Waals surface area contributed by atoms with E-state index in [1.165, 1.54) is 17.0 Å². The molecule has 4 rings (SSSR count). The molecule has 0 aromatic carbocycles. The second-order valence-corrected chi connectivity index (χ2v) is 7.12. The molecule has 1 fully saturated rings. The van der Waals surface area contributed by atoms with Crippen LogP contribution >= 0.6 is 11.8 Å². The molecule has 24 heavy (non-hydrogen) atoms. The van der Waals surface area contributed by atoms with Crippen LogP contribution in [0.15, 0.2) is 22.0 Å². The molecule has 1 saturated heterocycles. The summed E-state index contributed by atoms with van der Waals surface area (Å²) in [6.45, 7) is 3.87. The Labute approximate surface area is 141 Å². The highest BCUT2D eigenvalue weighted by molar-refractivity contribution is 8.00. The first kappa shape index (κ1) is 15.4. The Balaban J connectivity index is 1.83. The quantitative estimate of drug-likeness (QED) is 0.701. The molecule has 3 aromatic rings. The molecule has 126 valence electrons. The summed E-state index contributed by atoms with van der Waals surface area (Å²) in [7, 11) is 0. The third-order valence-corrected chi connectivity index (χ3v) is 5.57. The van der Waals surface area contributed by atoms with E-state index in [1.54, 1.807) is 11.8 Å². The third kappa shape index (κ3) is 2.53. The first-order chi connectivity index (χ1) is 11.6. The van der Waals surface area contributed by atoms with E-state index in [9.17, 15) is 4.39 Å². The lowest BCUT2D eigenvalue weighted by Crippen LogP contribution is -2.31. The summed E-state index contributed by atoms with van der Waals surface area (Å²) in [4.78, 5) is 4.65. The summed E-state index contributed by atoms with van der Waals surface area (Å²) in [5.74, 6) is -0.244. The van der Waals surface area contributed by atoms with E-state index in [0.29, 0.717) is 22.3 Å². The van der Waals surface area contributed by atoms with E-state index in [1.807, 2.05) is 6.92 Å². The largest absolute Gasteiger partial charge is 0.383 e. The van der Waals surface area contributed by atoms with Crippen LogP contribution in [-0.2, 0) is 0 Å². The normalized spacial score (nSPS) is 18.3. The van der Waals surface area contributed by atoms with Gasteiger partial charge in [0.15, 0.2) is 5.65 Å². The van der Waals surface area contributed by atoms with Gasteiger partial charge in [0.1, 0.15) is 17.1 Å². The topological polar surface area (TPSA) is 94.3 Å². The van der Waals surface area contributed by atoms with Gasteiger partial charge in [-0.15, -0.1) is 16.9 Å². The molecule has 3 N–H and O–H groups in total. The number of anilines is 1. The first-order valence-corrected chi connectivity index (χ1v) is 8.64. The molecule has 0 saturated carbocycles. The van der Waals surface area contributed by atoms with E-state index in [0.717, 1.165) is 36.5 Å². The van der Waals surface area contributed by atoms with Gasteiger partial charge in [-0.1, -0.05) is 5.16 Å². The summed E-state index contributed by atoms with van der Waals surface area (Å²) < 4.78 is 20.5. The molecule has 0 radical (unpaired) electrons. The average molecular weight is 348 g/mol. The van der Waals surface area contributed by atoms with Gasteiger partial charge in [-0.05, 0) is 26.3 Å². The van der Waals surface area contributed by atoms with Crippen LogP contribution in [-0.4, -0.2) is 38.1 Å². The zero-order valence-electron chi connectivity index (χ0n) is 13.1. The fourth-order valence-electron chi connectivity index (χ4n) is 2.87. The smallest absolute Gasteiger partial charge is 0.243 e. The van der Waals surface area contributed by atoms with Crippen LogP contribution in [0, 0.1) is 12.9 Å². The van der Waals surface area contributed by atoms with Crippen molar-refractivity contribution in [3.05, 3.63) is 24.0 Å². The highest BCUT2D eigenvalue weighted by Gasteiger charge is 2.23. The number of thioether (sulfide) groups is 1. The van der Waals surface area contributed by atoms with Gasteiger partial charge in [0, 0.05) is 22.9 Å².